The van der Waals surface area contributed by atoms with Gasteiger partial charge < -0.3 is 10.1 Å². The molecule has 138 valence electrons. The smallest absolute Gasteiger partial charge is 0.310 e. The van der Waals surface area contributed by atoms with Gasteiger partial charge in [-0.25, -0.2) is 9.97 Å². The van der Waals surface area contributed by atoms with Gasteiger partial charge in [0, 0.05) is 24.4 Å². The molecule has 0 aliphatic heterocycles. The molecule has 1 N–H and O–H groups in total. The number of halogens is 2. The number of hydrogen-bond donors (Lipinski definition) is 1. The van der Waals surface area contributed by atoms with E-state index in [0.717, 1.165) is 11.1 Å². The molecule has 0 fully saturated rings. The van der Waals surface area contributed by atoms with Crippen LogP contribution in [0.15, 0.2) is 60.9 Å². The van der Waals surface area contributed by atoms with E-state index < -0.39 is 6.04 Å². The van der Waals surface area contributed by atoms with Gasteiger partial charge >= 0.3 is 5.97 Å². The third kappa shape index (κ3) is 4.56. The van der Waals surface area contributed by atoms with Crippen molar-refractivity contribution in [3.63, 3.8) is 0 Å². The standard InChI is InChI=1S/C20H17Cl2N3O2/c1-2-17(26)27-16-10-4-3-7-13(16)19(25-20-23-11-6-12-24-20)14-8-5-9-15(21)18(14)22/h3-12,19H,2H2,1H3,(H,23,24,25). The van der Waals surface area contributed by atoms with Crippen molar-refractivity contribution >= 4 is 35.1 Å². The fraction of sp³-hybridized carbons (Fsp3) is 0.150. The Hall–Kier alpha value is -2.63. The van der Waals surface area contributed by atoms with Gasteiger partial charge in [0.05, 0.1) is 16.1 Å². The van der Waals surface area contributed by atoms with Gasteiger partial charge in [-0.2, -0.15) is 0 Å². The maximum Gasteiger partial charge on any atom is 0.310 e. The number of anilines is 1. The van der Waals surface area contributed by atoms with Crippen molar-refractivity contribution < 1.29 is 9.53 Å². The van der Waals surface area contributed by atoms with E-state index in [-0.39, 0.29) is 12.4 Å². The minimum Gasteiger partial charge on any atom is -0.426 e. The summed E-state index contributed by atoms with van der Waals surface area (Å²) in [5.74, 6) is 0.526. The normalized spacial score (nSPS) is 11.7. The van der Waals surface area contributed by atoms with E-state index in [9.17, 15) is 4.79 Å². The molecule has 0 saturated heterocycles. The summed E-state index contributed by atoms with van der Waals surface area (Å²) in [7, 11) is 0. The second kappa shape index (κ2) is 8.84. The average Bonchev–Trinajstić information content (AvgIpc) is 2.70. The Balaban J connectivity index is 2.10. The van der Waals surface area contributed by atoms with Gasteiger partial charge in [0.15, 0.2) is 0 Å². The van der Waals surface area contributed by atoms with Crippen LogP contribution in [-0.4, -0.2) is 15.9 Å². The molecule has 1 heterocycles. The SMILES string of the molecule is CCC(=O)Oc1ccccc1C(Nc1ncccn1)c1cccc(Cl)c1Cl. The molecule has 0 amide bonds. The minimum atomic E-state index is -0.473. The van der Waals surface area contributed by atoms with Crippen LogP contribution < -0.4 is 10.1 Å². The predicted molar refractivity (Wildman–Crippen MR) is 106 cm³/mol. The maximum absolute atomic E-state index is 11.9. The quantitative estimate of drug-likeness (QED) is 0.448. The molecule has 5 nitrogen and oxygen atoms in total. The Morgan fingerprint density at radius 1 is 1.04 bits per heavy atom. The van der Waals surface area contributed by atoms with Gasteiger partial charge in [0.1, 0.15) is 5.75 Å². The van der Waals surface area contributed by atoms with Crippen LogP contribution >= 0.6 is 23.2 Å². The summed E-state index contributed by atoms with van der Waals surface area (Å²) in [5.41, 5.74) is 1.44. The largest absolute Gasteiger partial charge is 0.426 e. The number of ether oxygens (including phenoxy) is 1. The highest BCUT2D eigenvalue weighted by molar-refractivity contribution is 6.42. The second-order valence-electron chi connectivity index (χ2n) is 5.66. The molecule has 7 heteroatoms. The maximum atomic E-state index is 11.9. The zero-order valence-corrected chi connectivity index (χ0v) is 16.0. The Labute approximate surface area is 167 Å². The van der Waals surface area contributed by atoms with E-state index >= 15 is 0 Å². The zero-order chi connectivity index (χ0) is 19.2. The molecule has 0 spiro atoms. The Kier molecular flexibility index (Phi) is 6.27. The number of carbonyl (C=O) groups excluding carboxylic acids is 1. The summed E-state index contributed by atoms with van der Waals surface area (Å²) in [6.07, 6.45) is 3.54. The lowest BCUT2D eigenvalue weighted by Gasteiger charge is -2.23. The zero-order valence-electron chi connectivity index (χ0n) is 14.5. The number of carbonyl (C=O) groups is 1. The number of esters is 1. The topological polar surface area (TPSA) is 64.1 Å². The third-order valence-electron chi connectivity index (χ3n) is 3.87. The summed E-state index contributed by atoms with van der Waals surface area (Å²) in [5, 5.41) is 4.09. The molecule has 1 aromatic heterocycles. The van der Waals surface area contributed by atoms with Crippen LogP contribution in [0.1, 0.15) is 30.5 Å². The summed E-state index contributed by atoms with van der Waals surface area (Å²) >= 11 is 12.7. The number of nitrogens with zero attached hydrogens (tertiary/aromatic N) is 2. The molecule has 1 atom stereocenters. The molecule has 0 bridgehead atoms. The monoisotopic (exact) mass is 401 g/mol. The first-order valence-corrected chi connectivity index (χ1v) is 9.12. The van der Waals surface area contributed by atoms with Crippen molar-refractivity contribution in [3.8, 4) is 5.75 Å². The van der Waals surface area contributed by atoms with Gasteiger partial charge in [0.25, 0.3) is 0 Å². The highest BCUT2D eigenvalue weighted by Gasteiger charge is 2.23. The van der Waals surface area contributed by atoms with Crippen molar-refractivity contribution in [1.29, 1.82) is 0 Å². The number of rotatable bonds is 6. The lowest BCUT2D eigenvalue weighted by Crippen LogP contribution is -2.17. The molecule has 1 unspecified atom stereocenters. The lowest BCUT2D eigenvalue weighted by atomic mass is 9.97. The number of para-hydroxylation sites is 1. The van der Waals surface area contributed by atoms with E-state index in [1.54, 1.807) is 43.6 Å². The molecule has 3 aromatic rings. The van der Waals surface area contributed by atoms with Gasteiger partial charge in [-0.15, -0.1) is 0 Å². The van der Waals surface area contributed by atoms with Crippen molar-refractivity contribution in [2.75, 3.05) is 5.32 Å². The van der Waals surface area contributed by atoms with Crippen LogP contribution in [0.5, 0.6) is 5.75 Å². The summed E-state index contributed by atoms with van der Waals surface area (Å²) in [4.78, 5) is 20.3. The van der Waals surface area contributed by atoms with Crippen LogP contribution in [0.3, 0.4) is 0 Å². The molecular formula is C20H17Cl2N3O2. The van der Waals surface area contributed by atoms with Crippen LogP contribution in [0, 0.1) is 0 Å². The second-order valence-corrected chi connectivity index (χ2v) is 6.44. The summed E-state index contributed by atoms with van der Waals surface area (Å²) in [6.45, 7) is 1.74. The fourth-order valence-electron chi connectivity index (χ4n) is 2.58. The number of nitrogens with one attached hydrogen (secondary N) is 1. The van der Waals surface area contributed by atoms with Crippen LogP contribution in [0.4, 0.5) is 5.95 Å². The molecule has 2 aromatic carbocycles. The van der Waals surface area contributed by atoms with Crippen molar-refractivity contribution in [2.45, 2.75) is 19.4 Å². The van der Waals surface area contributed by atoms with Crippen molar-refractivity contribution in [3.05, 3.63) is 82.1 Å². The van der Waals surface area contributed by atoms with Gasteiger partial charge in [0.2, 0.25) is 5.95 Å². The number of aromatic nitrogens is 2. The minimum absolute atomic E-state index is 0.270. The summed E-state index contributed by atoms with van der Waals surface area (Å²) in [6, 6.07) is 13.9. The van der Waals surface area contributed by atoms with Crippen molar-refractivity contribution in [2.24, 2.45) is 0 Å². The number of hydrogen-bond acceptors (Lipinski definition) is 5. The van der Waals surface area contributed by atoms with E-state index in [2.05, 4.69) is 15.3 Å². The van der Waals surface area contributed by atoms with E-state index in [4.69, 9.17) is 27.9 Å². The van der Waals surface area contributed by atoms with Gasteiger partial charge in [-0.05, 0) is 23.8 Å². The number of benzene rings is 2. The molecule has 27 heavy (non-hydrogen) atoms. The molecular weight excluding hydrogens is 385 g/mol. The van der Waals surface area contributed by atoms with Crippen molar-refractivity contribution in [1.82, 2.24) is 9.97 Å². The Morgan fingerprint density at radius 3 is 2.48 bits per heavy atom. The molecule has 0 radical (unpaired) electrons. The Morgan fingerprint density at radius 2 is 1.74 bits per heavy atom. The predicted octanol–water partition coefficient (Wildman–Crippen LogP) is 5.30. The van der Waals surface area contributed by atoms with Crippen LogP contribution in [0.25, 0.3) is 0 Å². The first-order chi connectivity index (χ1) is 13.1. The first kappa shape index (κ1) is 19.1. The third-order valence-corrected chi connectivity index (χ3v) is 4.71. The van der Waals surface area contributed by atoms with E-state index in [0.29, 0.717) is 21.7 Å². The lowest BCUT2D eigenvalue weighted by molar-refractivity contribution is -0.134. The highest BCUT2D eigenvalue weighted by Crippen LogP contribution is 2.38. The first-order valence-electron chi connectivity index (χ1n) is 8.37. The van der Waals surface area contributed by atoms with E-state index in [1.165, 1.54) is 0 Å². The highest BCUT2D eigenvalue weighted by atomic mass is 35.5. The molecule has 0 aliphatic carbocycles. The Bertz CT molecular complexity index is 936. The van der Waals surface area contributed by atoms with E-state index in [1.807, 2.05) is 24.3 Å². The molecule has 0 saturated carbocycles. The summed E-state index contributed by atoms with van der Waals surface area (Å²) < 4.78 is 5.51. The van der Waals surface area contributed by atoms with Gasteiger partial charge in [-0.3, -0.25) is 4.79 Å². The van der Waals surface area contributed by atoms with Gasteiger partial charge in [-0.1, -0.05) is 60.5 Å². The molecule has 3 rings (SSSR count). The average molecular weight is 402 g/mol. The van der Waals surface area contributed by atoms with Crippen LogP contribution in [-0.2, 0) is 4.79 Å². The molecule has 0 aliphatic rings. The van der Waals surface area contributed by atoms with Crippen LogP contribution in [0.2, 0.25) is 10.0 Å². The fourth-order valence-corrected chi connectivity index (χ4v) is 2.99.